The van der Waals surface area contributed by atoms with Crippen LogP contribution in [0.4, 0.5) is 5.69 Å². The van der Waals surface area contributed by atoms with Gasteiger partial charge in [-0.2, -0.15) is 0 Å². The molecule has 0 bridgehead atoms. The van der Waals surface area contributed by atoms with E-state index in [-0.39, 0.29) is 17.3 Å². The van der Waals surface area contributed by atoms with Crippen molar-refractivity contribution in [2.45, 2.75) is 34.0 Å². The molecule has 192 valence electrons. The molecule has 0 saturated carbocycles. The molecule has 2 unspecified atom stereocenters. The van der Waals surface area contributed by atoms with Gasteiger partial charge >= 0.3 is 0 Å². The summed E-state index contributed by atoms with van der Waals surface area (Å²) in [6, 6.07) is 23.6. The SMILES string of the molecule is CN1c2ccc(OCCc3ncc[nH]3)cc2SC1C(N)Cc1cccc(C(=N)N)c1.Sc1ccccc1. The lowest BCUT2D eigenvalue weighted by molar-refractivity contribution is 0.318. The van der Waals surface area contributed by atoms with E-state index in [4.69, 9.17) is 21.6 Å². The Bertz CT molecular complexity index is 1300. The van der Waals surface area contributed by atoms with E-state index in [2.05, 4.69) is 46.7 Å². The summed E-state index contributed by atoms with van der Waals surface area (Å²) < 4.78 is 5.91. The number of H-pyrrole nitrogens is 1. The number of nitrogens with two attached hydrogens (primary N) is 2. The van der Waals surface area contributed by atoms with Crippen molar-refractivity contribution < 1.29 is 4.74 Å². The number of thioether (sulfide) groups is 1. The number of nitrogen functional groups attached to an aromatic ring is 1. The lowest BCUT2D eigenvalue weighted by atomic mass is 10.0. The van der Waals surface area contributed by atoms with Crippen molar-refractivity contribution in [2.24, 2.45) is 11.5 Å². The summed E-state index contributed by atoms with van der Waals surface area (Å²) in [5.41, 5.74) is 15.2. The summed E-state index contributed by atoms with van der Waals surface area (Å²) in [5, 5.41) is 7.75. The molecule has 6 N–H and O–H groups in total. The first kappa shape index (κ1) is 26.7. The maximum absolute atomic E-state index is 7.63. The Morgan fingerprint density at radius 1 is 1.16 bits per heavy atom. The zero-order valence-electron chi connectivity index (χ0n) is 20.7. The zero-order chi connectivity index (χ0) is 26.2. The molecule has 1 aliphatic heterocycles. The van der Waals surface area contributed by atoms with Gasteiger partial charge in [0.25, 0.3) is 0 Å². The Hall–Kier alpha value is -3.40. The molecule has 1 aliphatic rings. The fourth-order valence-electron chi connectivity index (χ4n) is 4.06. The second kappa shape index (κ2) is 12.7. The third-order valence-corrected chi connectivity index (χ3v) is 7.72. The van der Waals surface area contributed by atoms with E-state index in [0.29, 0.717) is 13.0 Å². The molecule has 0 saturated heterocycles. The number of imidazole rings is 1. The maximum Gasteiger partial charge on any atom is 0.122 e. The number of hydrogen-bond donors (Lipinski definition) is 5. The van der Waals surface area contributed by atoms with Crippen LogP contribution in [0.5, 0.6) is 5.75 Å². The number of benzene rings is 3. The highest BCUT2D eigenvalue weighted by Gasteiger charge is 2.32. The molecule has 1 aromatic heterocycles. The fourth-order valence-corrected chi connectivity index (χ4v) is 5.55. The number of ether oxygens (including phenoxy) is 1. The lowest BCUT2D eigenvalue weighted by Crippen LogP contribution is -2.43. The first-order valence-corrected chi connectivity index (χ1v) is 13.3. The van der Waals surface area contributed by atoms with Gasteiger partial charge in [-0.15, -0.1) is 12.6 Å². The van der Waals surface area contributed by atoms with Gasteiger partial charge in [0.2, 0.25) is 0 Å². The standard InChI is InChI=1S/C22H26N6OS.C6H6S/c1-28-18-6-5-16(29-10-7-20-26-8-9-27-20)13-19(18)30-22(28)17(23)12-14-3-2-4-15(11-14)21(24)25;7-6-4-2-1-3-5-6/h2-6,8-9,11,13,17,22H,7,10,12,23H2,1H3,(H3,24,25)(H,26,27);1-5,7H. The monoisotopic (exact) mass is 532 g/mol. The number of hydrogen-bond acceptors (Lipinski definition) is 7. The van der Waals surface area contributed by atoms with Crippen LogP contribution in [-0.2, 0) is 12.8 Å². The highest BCUT2D eigenvalue weighted by molar-refractivity contribution is 8.00. The number of thiol groups is 1. The molecule has 5 rings (SSSR count). The minimum Gasteiger partial charge on any atom is -0.493 e. The Morgan fingerprint density at radius 2 is 1.97 bits per heavy atom. The highest BCUT2D eigenvalue weighted by atomic mass is 32.2. The first-order chi connectivity index (χ1) is 17.9. The molecule has 0 fully saturated rings. The van der Waals surface area contributed by atoms with Gasteiger partial charge in [-0.3, -0.25) is 5.41 Å². The highest BCUT2D eigenvalue weighted by Crippen LogP contribution is 2.45. The van der Waals surface area contributed by atoms with Crippen molar-refractivity contribution in [3.63, 3.8) is 0 Å². The summed E-state index contributed by atoms with van der Waals surface area (Å²) in [4.78, 5) is 11.7. The van der Waals surface area contributed by atoms with Crippen LogP contribution in [0.15, 0.2) is 95.0 Å². The van der Waals surface area contributed by atoms with Gasteiger partial charge in [0.1, 0.15) is 17.4 Å². The maximum atomic E-state index is 7.63. The van der Waals surface area contributed by atoms with Crippen molar-refractivity contribution in [1.29, 1.82) is 5.41 Å². The molecule has 2 atom stereocenters. The largest absolute Gasteiger partial charge is 0.493 e. The van der Waals surface area contributed by atoms with Crippen LogP contribution in [0.3, 0.4) is 0 Å². The van der Waals surface area contributed by atoms with Crippen molar-refractivity contribution in [3.8, 4) is 5.75 Å². The second-order valence-electron chi connectivity index (χ2n) is 8.70. The van der Waals surface area contributed by atoms with E-state index < -0.39 is 0 Å². The Morgan fingerprint density at radius 3 is 2.65 bits per heavy atom. The van der Waals surface area contributed by atoms with Gasteiger partial charge in [-0.1, -0.05) is 48.2 Å². The molecule has 2 heterocycles. The molecular weight excluding hydrogens is 500 g/mol. The number of amidine groups is 1. The first-order valence-electron chi connectivity index (χ1n) is 12.0. The van der Waals surface area contributed by atoms with Crippen LogP contribution >= 0.6 is 24.4 Å². The number of nitrogens with zero attached hydrogens (tertiary/aromatic N) is 2. The van der Waals surface area contributed by atoms with E-state index in [1.807, 2.05) is 66.9 Å². The average molecular weight is 533 g/mol. The molecule has 0 spiro atoms. The van der Waals surface area contributed by atoms with E-state index in [0.717, 1.165) is 39.7 Å². The minimum atomic E-state index is -0.0714. The number of fused-ring (bicyclic) bond motifs is 1. The van der Waals surface area contributed by atoms with Gasteiger partial charge in [-0.05, 0) is 48.4 Å². The molecule has 0 aliphatic carbocycles. The van der Waals surface area contributed by atoms with Crippen LogP contribution in [-0.4, -0.2) is 40.9 Å². The smallest absolute Gasteiger partial charge is 0.122 e. The van der Waals surface area contributed by atoms with Crippen LogP contribution in [0.25, 0.3) is 0 Å². The molecule has 0 radical (unpaired) electrons. The zero-order valence-corrected chi connectivity index (χ0v) is 22.4. The average Bonchev–Trinajstić information content (AvgIpc) is 3.53. The summed E-state index contributed by atoms with van der Waals surface area (Å²) in [6.07, 6.45) is 5.02. The van der Waals surface area contributed by atoms with Gasteiger partial charge in [-0.25, -0.2) is 4.98 Å². The number of anilines is 1. The van der Waals surface area contributed by atoms with Crippen LogP contribution in [0.1, 0.15) is 17.0 Å². The third kappa shape index (κ3) is 7.31. The van der Waals surface area contributed by atoms with Gasteiger partial charge in [0.05, 0.1) is 17.7 Å². The summed E-state index contributed by atoms with van der Waals surface area (Å²) in [6.45, 7) is 0.572. The third-order valence-electron chi connectivity index (χ3n) is 5.93. The van der Waals surface area contributed by atoms with E-state index in [1.54, 1.807) is 18.0 Å². The van der Waals surface area contributed by atoms with Crippen LogP contribution in [0.2, 0.25) is 0 Å². The Balaban J connectivity index is 0.000000396. The summed E-state index contributed by atoms with van der Waals surface area (Å²) in [5.74, 6) is 1.85. The topological polar surface area (TPSA) is 117 Å². The van der Waals surface area contributed by atoms with E-state index in [1.165, 1.54) is 4.90 Å². The Kier molecular flexibility index (Phi) is 9.16. The second-order valence-corrected chi connectivity index (χ2v) is 10.4. The molecule has 37 heavy (non-hydrogen) atoms. The van der Waals surface area contributed by atoms with Crippen LogP contribution < -0.4 is 21.1 Å². The molecular formula is C28H32N6OS2. The molecule has 3 aromatic carbocycles. The molecule has 4 aromatic rings. The minimum absolute atomic E-state index is 0.0714. The summed E-state index contributed by atoms with van der Waals surface area (Å²) in [7, 11) is 2.08. The van der Waals surface area contributed by atoms with Gasteiger partial charge in [0, 0.05) is 47.3 Å². The summed E-state index contributed by atoms with van der Waals surface area (Å²) >= 11 is 5.85. The van der Waals surface area contributed by atoms with Crippen molar-refractivity contribution in [2.75, 3.05) is 18.6 Å². The molecule has 9 heteroatoms. The number of rotatable bonds is 8. The number of aromatic amines is 1. The van der Waals surface area contributed by atoms with Crippen LogP contribution in [0, 0.1) is 5.41 Å². The number of aromatic nitrogens is 2. The molecule has 0 amide bonds. The van der Waals surface area contributed by atoms with Crippen molar-refractivity contribution in [3.05, 3.63) is 102 Å². The van der Waals surface area contributed by atoms with E-state index in [9.17, 15) is 0 Å². The number of likely N-dealkylation sites (N-methyl/N-ethyl adjacent to an activating group) is 1. The Labute approximate surface area is 227 Å². The predicted molar refractivity (Wildman–Crippen MR) is 155 cm³/mol. The van der Waals surface area contributed by atoms with Gasteiger partial charge in [0.15, 0.2) is 0 Å². The predicted octanol–water partition coefficient (Wildman–Crippen LogP) is 4.73. The van der Waals surface area contributed by atoms with E-state index >= 15 is 0 Å². The molecule has 7 nitrogen and oxygen atoms in total. The lowest BCUT2D eigenvalue weighted by Gasteiger charge is -2.27. The number of nitrogens with one attached hydrogen (secondary N) is 2. The normalized spacial score (nSPS) is 14.9. The fraction of sp³-hybridized carbons (Fsp3) is 0.214. The van der Waals surface area contributed by atoms with Gasteiger partial charge < -0.3 is 26.1 Å². The quantitative estimate of drug-likeness (QED) is 0.127. The van der Waals surface area contributed by atoms with Crippen molar-refractivity contribution in [1.82, 2.24) is 9.97 Å². The van der Waals surface area contributed by atoms with Crippen molar-refractivity contribution >= 4 is 35.9 Å².